The zero-order chi connectivity index (χ0) is 15.1. The van der Waals surface area contributed by atoms with Crippen LogP contribution in [0.25, 0.3) is 0 Å². The smallest absolute Gasteiger partial charge is 0.310 e. The third-order valence-corrected chi connectivity index (χ3v) is 3.01. The van der Waals surface area contributed by atoms with Crippen molar-refractivity contribution < 1.29 is 19.1 Å². The van der Waals surface area contributed by atoms with E-state index in [4.69, 9.17) is 9.47 Å². The monoisotopic (exact) mass is 272 g/mol. The summed E-state index contributed by atoms with van der Waals surface area (Å²) in [6, 6.07) is 0. The molecular weight excluding hydrogens is 244 g/mol. The molecule has 2 atom stereocenters. The number of esters is 2. The minimum absolute atomic E-state index is 0.304. The topological polar surface area (TPSA) is 52.6 Å². The summed E-state index contributed by atoms with van der Waals surface area (Å²) in [4.78, 5) is 24.0. The van der Waals surface area contributed by atoms with Crippen LogP contribution in [-0.4, -0.2) is 24.6 Å². The molecule has 0 N–H and O–H groups in total. The SMILES string of the molecule is CCCCC(C(=O)OC)C(CC)C(=O)OC(C)(C)C. The van der Waals surface area contributed by atoms with Gasteiger partial charge in [0.15, 0.2) is 0 Å². The summed E-state index contributed by atoms with van der Waals surface area (Å²) >= 11 is 0. The number of unbranched alkanes of at least 4 members (excludes halogenated alkanes) is 1. The van der Waals surface area contributed by atoms with Crippen LogP contribution in [-0.2, 0) is 19.1 Å². The number of hydrogen-bond acceptors (Lipinski definition) is 4. The summed E-state index contributed by atoms with van der Waals surface area (Å²) in [6.07, 6.45) is 3.14. The number of carbonyl (C=O) groups excluding carboxylic acids is 2. The molecule has 19 heavy (non-hydrogen) atoms. The third-order valence-electron chi connectivity index (χ3n) is 3.01. The molecule has 2 unspecified atom stereocenters. The molecule has 112 valence electrons. The van der Waals surface area contributed by atoms with Crippen molar-refractivity contribution >= 4 is 11.9 Å². The van der Waals surface area contributed by atoms with Crippen LogP contribution in [0.5, 0.6) is 0 Å². The fourth-order valence-electron chi connectivity index (χ4n) is 2.05. The van der Waals surface area contributed by atoms with E-state index in [2.05, 4.69) is 6.92 Å². The van der Waals surface area contributed by atoms with Gasteiger partial charge in [-0.2, -0.15) is 0 Å². The molecule has 0 aliphatic heterocycles. The van der Waals surface area contributed by atoms with Crippen LogP contribution >= 0.6 is 0 Å². The van der Waals surface area contributed by atoms with E-state index in [1.807, 2.05) is 27.7 Å². The number of rotatable bonds is 7. The van der Waals surface area contributed by atoms with Gasteiger partial charge >= 0.3 is 11.9 Å². The first-order valence-electron chi connectivity index (χ1n) is 7.07. The molecule has 0 aliphatic carbocycles. The second kappa shape index (κ2) is 8.18. The molecule has 0 aromatic heterocycles. The Morgan fingerprint density at radius 2 is 1.63 bits per heavy atom. The molecule has 0 bridgehead atoms. The maximum atomic E-state index is 12.2. The molecule has 0 saturated heterocycles. The van der Waals surface area contributed by atoms with Gasteiger partial charge in [-0.3, -0.25) is 9.59 Å². The Hall–Kier alpha value is -1.06. The summed E-state index contributed by atoms with van der Waals surface area (Å²) in [7, 11) is 1.36. The maximum Gasteiger partial charge on any atom is 0.310 e. The average molecular weight is 272 g/mol. The predicted octanol–water partition coefficient (Wildman–Crippen LogP) is 3.33. The van der Waals surface area contributed by atoms with Crippen molar-refractivity contribution in [2.45, 2.75) is 65.9 Å². The van der Waals surface area contributed by atoms with Gasteiger partial charge in [0.25, 0.3) is 0 Å². The first-order valence-corrected chi connectivity index (χ1v) is 7.07. The fourth-order valence-corrected chi connectivity index (χ4v) is 2.05. The number of hydrogen-bond donors (Lipinski definition) is 0. The van der Waals surface area contributed by atoms with Gasteiger partial charge in [0.05, 0.1) is 18.9 Å². The molecule has 0 fully saturated rings. The number of methoxy groups -OCH3 is 1. The lowest BCUT2D eigenvalue weighted by Crippen LogP contribution is -2.35. The van der Waals surface area contributed by atoms with Crippen LogP contribution in [0.3, 0.4) is 0 Å². The summed E-state index contributed by atoms with van der Waals surface area (Å²) in [6.45, 7) is 9.45. The Balaban J connectivity index is 4.91. The molecule has 0 rings (SSSR count). The van der Waals surface area contributed by atoms with Crippen molar-refractivity contribution in [3.05, 3.63) is 0 Å². The minimum atomic E-state index is -0.532. The molecule has 0 aliphatic rings. The van der Waals surface area contributed by atoms with Gasteiger partial charge in [0.2, 0.25) is 0 Å². The highest BCUT2D eigenvalue weighted by Gasteiger charge is 2.35. The molecule has 4 heteroatoms. The van der Waals surface area contributed by atoms with E-state index in [9.17, 15) is 9.59 Å². The Morgan fingerprint density at radius 1 is 1.05 bits per heavy atom. The molecular formula is C15H28O4. The van der Waals surface area contributed by atoms with Crippen LogP contribution < -0.4 is 0 Å². The summed E-state index contributed by atoms with van der Waals surface area (Å²) < 4.78 is 10.2. The molecule has 0 spiro atoms. The predicted molar refractivity (Wildman–Crippen MR) is 74.7 cm³/mol. The molecule has 0 aromatic rings. The van der Waals surface area contributed by atoms with Gasteiger partial charge in [-0.15, -0.1) is 0 Å². The van der Waals surface area contributed by atoms with E-state index >= 15 is 0 Å². The Kier molecular flexibility index (Phi) is 7.72. The molecule has 4 nitrogen and oxygen atoms in total. The summed E-state index contributed by atoms with van der Waals surface area (Å²) in [5.41, 5.74) is -0.532. The lowest BCUT2D eigenvalue weighted by atomic mass is 9.86. The molecule has 0 aromatic carbocycles. The zero-order valence-electron chi connectivity index (χ0n) is 13.1. The van der Waals surface area contributed by atoms with E-state index in [-0.39, 0.29) is 11.9 Å². The van der Waals surface area contributed by atoms with E-state index < -0.39 is 17.4 Å². The van der Waals surface area contributed by atoms with E-state index in [1.165, 1.54) is 7.11 Å². The van der Waals surface area contributed by atoms with Crippen molar-refractivity contribution in [2.75, 3.05) is 7.11 Å². The van der Waals surface area contributed by atoms with E-state index in [0.717, 1.165) is 12.8 Å². The first-order chi connectivity index (χ1) is 8.76. The van der Waals surface area contributed by atoms with Gasteiger partial charge in [-0.05, 0) is 33.6 Å². The van der Waals surface area contributed by atoms with Crippen LogP contribution in [0, 0.1) is 11.8 Å². The lowest BCUT2D eigenvalue weighted by molar-refractivity contribution is -0.167. The van der Waals surface area contributed by atoms with Crippen molar-refractivity contribution in [2.24, 2.45) is 11.8 Å². The maximum absolute atomic E-state index is 12.2. The highest BCUT2D eigenvalue weighted by Crippen LogP contribution is 2.26. The first kappa shape index (κ1) is 17.9. The standard InChI is InChI=1S/C15H28O4/c1-7-9-10-12(13(16)18-6)11(8-2)14(17)19-15(3,4)5/h11-12H,7-10H2,1-6H3. The van der Waals surface area contributed by atoms with Gasteiger partial charge in [-0.25, -0.2) is 0 Å². The van der Waals surface area contributed by atoms with Crippen LogP contribution in [0.2, 0.25) is 0 Å². The minimum Gasteiger partial charge on any atom is -0.469 e. The Morgan fingerprint density at radius 3 is 2.00 bits per heavy atom. The molecule has 0 radical (unpaired) electrons. The van der Waals surface area contributed by atoms with Crippen LogP contribution in [0.1, 0.15) is 60.3 Å². The van der Waals surface area contributed by atoms with E-state index in [1.54, 1.807) is 0 Å². The van der Waals surface area contributed by atoms with Crippen LogP contribution in [0.4, 0.5) is 0 Å². The number of carbonyl (C=O) groups is 2. The van der Waals surface area contributed by atoms with E-state index in [0.29, 0.717) is 12.8 Å². The molecule has 0 saturated carbocycles. The highest BCUT2D eigenvalue weighted by molar-refractivity contribution is 5.82. The van der Waals surface area contributed by atoms with Crippen molar-refractivity contribution in [1.82, 2.24) is 0 Å². The second-order valence-electron chi connectivity index (χ2n) is 5.82. The molecule has 0 amide bonds. The van der Waals surface area contributed by atoms with Gasteiger partial charge in [0, 0.05) is 0 Å². The number of ether oxygens (including phenoxy) is 2. The highest BCUT2D eigenvalue weighted by atomic mass is 16.6. The zero-order valence-corrected chi connectivity index (χ0v) is 13.1. The Bertz CT molecular complexity index is 291. The van der Waals surface area contributed by atoms with Gasteiger partial charge in [-0.1, -0.05) is 26.7 Å². The van der Waals surface area contributed by atoms with Crippen molar-refractivity contribution in [3.8, 4) is 0 Å². The Labute approximate surface area is 116 Å². The second-order valence-corrected chi connectivity index (χ2v) is 5.82. The normalized spacial score (nSPS) is 14.6. The largest absolute Gasteiger partial charge is 0.469 e. The lowest BCUT2D eigenvalue weighted by Gasteiger charge is -2.27. The average Bonchev–Trinajstić information content (AvgIpc) is 2.31. The third kappa shape index (κ3) is 6.60. The summed E-state index contributed by atoms with van der Waals surface area (Å²) in [5.74, 6) is -1.43. The van der Waals surface area contributed by atoms with Crippen LogP contribution in [0.15, 0.2) is 0 Å². The molecule has 0 heterocycles. The van der Waals surface area contributed by atoms with Crippen molar-refractivity contribution in [3.63, 3.8) is 0 Å². The fraction of sp³-hybridized carbons (Fsp3) is 0.867. The van der Waals surface area contributed by atoms with Crippen molar-refractivity contribution in [1.29, 1.82) is 0 Å². The summed E-state index contributed by atoms with van der Waals surface area (Å²) in [5, 5.41) is 0. The quantitative estimate of drug-likeness (QED) is 0.667. The van der Waals surface area contributed by atoms with Gasteiger partial charge in [0.1, 0.15) is 5.60 Å². The van der Waals surface area contributed by atoms with Gasteiger partial charge < -0.3 is 9.47 Å².